The quantitative estimate of drug-likeness (QED) is 0.778. The van der Waals surface area contributed by atoms with E-state index in [-0.39, 0.29) is 0 Å². The molecule has 118 valence electrons. The normalized spacial score (nSPS) is 36.1. The van der Waals surface area contributed by atoms with Crippen molar-refractivity contribution >= 4 is 0 Å². The van der Waals surface area contributed by atoms with Gasteiger partial charge < -0.3 is 14.8 Å². The average Bonchev–Trinajstić information content (AvgIpc) is 2.91. The number of nitrogens with one attached hydrogen (secondary N) is 1. The van der Waals surface area contributed by atoms with Gasteiger partial charge in [0.2, 0.25) is 0 Å². The van der Waals surface area contributed by atoms with Crippen molar-refractivity contribution in [3.63, 3.8) is 0 Å². The van der Waals surface area contributed by atoms with Crippen LogP contribution in [0.5, 0.6) is 0 Å². The molecule has 4 atom stereocenters. The number of rotatable bonds is 7. The maximum Gasteiger partial charge on any atom is 0.0626 e. The minimum atomic E-state index is 0.474. The van der Waals surface area contributed by atoms with Crippen LogP contribution in [0.2, 0.25) is 0 Å². The molecule has 0 aromatic rings. The molecule has 0 aromatic carbocycles. The minimum Gasteiger partial charge on any atom is -0.381 e. The summed E-state index contributed by atoms with van der Waals surface area (Å²) in [5, 5.41) is 3.67. The van der Waals surface area contributed by atoms with E-state index in [1.165, 1.54) is 32.1 Å². The predicted molar refractivity (Wildman–Crippen MR) is 82.9 cm³/mol. The summed E-state index contributed by atoms with van der Waals surface area (Å²) in [4.78, 5) is 0. The molecule has 0 spiro atoms. The van der Waals surface area contributed by atoms with Gasteiger partial charge in [0.15, 0.2) is 0 Å². The van der Waals surface area contributed by atoms with Crippen LogP contribution in [0.15, 0.2) is 0 Å². The van der Waals surface area contributed by atoms with E-state index in [9.17, 15) is 0 Å². The van der Waals surface area contributed by atoms with E-state index in [0.717, 1.165) is 38.2 Å². The maximum atomic E-state index is 6.28. The Morgan fingerprint density at radius 3 is 2.55 bits per heavy atom. The Hall–Kier alpha value is -0.120. The lowest BCUT2D eigenvalue weighted by Crippen LogP contribution is -2.42. The Bertz CT molecular complexity index is 256. The Morgan fingerprint density at radius 1 is 1.20 bits per heavy atom. The topological polar surface area (TPSA) is 30.5 Å². The van der Waals surface area contributed by atoms with Gasteiger partial charge in [0.1, 0.15) is 0 Å². The first kappa shape index (κ1) is 16.3. The molecule has 1 aliphatic carbocycles. The maximum absolute atomic E-state index is 6.28. The molecule has 20 heavy (non-hydrogen) atoms. The van der Waals surface area contributed by atoms with E-state index in [0.29, 0.717) is 18.1 Å². The monoisotopic (exact) mass is 283 g/mol. The standard InChI is InChI=1S/C17H33NO2/c1-4-6-18-17(15-5-7-19-11-15)12-20-16-9-13(2)8-14(3)10-16/h13-18H,4-12H2,1-3H3. The van der Waals surface area contributed by atoms with Crippen molar-refractivity contribution in [2.45, 2.75) is 65.0 Å². The summed E-state index contributed by atoms with van der Waals surface area (Å²) in [7, 11) is 0. The van der Waals surface area contributed by atoms with Crippen LogP contribution in [-0.4, -0.2) is 38.5 Å². The van der Waals surface area contributed by atoms with Crippen LogP contribution in [0.25, 0.3) is 0 Å². The molecular formula is C17H33NO2. The van der Waals surface area contributed by atoms with Crippen molar-refractivity contribution < 1.29 is 9.47 Å². The first-order valence-electron chi connectivity index (χ1n) is 8.61. The Labute approximate surface area is 124 Å². The van der Waals surface area contributed by atoms with Gasteiger partial charge in [-0.05, 0) is 50.5 Å². The second-order valence-corrected chi connectivity index (χ2v) is 7.06. The Kier molecular flexibility index (Phi) is 6.79. The summed E-state index contributed by atoms with van der Waals surface area (Å²) in [6.07, 6.45) is 6.69. The van der Waals surface area contributed by atoms with Gasteiger partial charge in [-0.3, -0.25) is 0 Å². The van der Waals surface area contributed by atoms with E-state index >= 15 is 0 Å². The van der Waals surface area contributed by atoms with Gasteiger partial charge in [0.25, 0.3) is 0 Å². The number of hydrogen-bond donors (Lipinski definition) is 1. The zero-order valence-corrected chi connectivity index (χ0v) is 13.6. The summed E-state index contributed by atoms with van der Waals surface area (Å²) in [6, 6.07) is 0.477. The highest BCUT2D eigenvalue weighted by atomic mass is 16.5. The molecule has 0 aromatic heterocycles. The van der Waals surface area contributed by atoms with Crippen molar-refractivity contribution in [3.05, 3.63) is 0 Å². The van der Waals surface area contributed by atoms with Gasteiger partial charge in [-0.15, -0.1) is 0 Å². The number of ether oxygens (including phenoxy) is 2. The molecule has 0 amide bonds. The first-order chi connectivity index (χ1) is 9.69. The van der Waals surface area contributed by atoms with Crippen molar-refractivity contribution in [1.29, 1.82) is 0 Å². The molecule has 1 heterocycles. The lowest BCUT2D eigenvalue weighted by molar-refractivity contribution is -0.0164. The Balaban J connectivity index is 1.77. The molecule has 2 fully saturated rings. The molecule has 1 saturated carbocycles. The average molecular weight is 283 g/mol. The second kappa shape index (κ2) is 8.35. The van der Waals surface area contributed by atoms with Crippen LogP contribution in [0.1, 0.15) is 52.9 Å². The summed E-state index contributed by atoms with van der Waals surface area (Å²) < 4.78 is 11.8. The summed E-state index contributed by atoms with van der Waals surface area (Å²) >= 11 is 0. The molecule has 1 N–H and O–H groups in total. The van der Waals surface area contributed by atoms with Crippen molar-refractivity contribution in [3.8, 4) is 0 Å². The molecule has 3 nitrogen and oxygen atoms in total. The molecule has 0 bridgehead atoms. The largest absolute Gasteiger partial charge is 0.381 e. The van der Waals surface area contributed by atoms with Crippen molar-refractivity contribution in [2.24, 2.45) is 17.8 Å². The molecular weight excluding hydrogens is 250 g/mol. The molecule has 0 radical (unpaired) electrons. The SMILES string of the molecule is CCCNC(COC1CC(C)CC(C)C1)C1CCOC1. The molecule has 4 unspecified atom stereocenters. The zero-order valence-electron chi connectivity index (χ0n) is 13.6. The fourth-order valence-corrected chi connectivity index (χ4v) is 3.81. The predicted octanol–water partition coefficient (Wildman–Crippen LogP) is 3.23. The molecule has 2 rings (SSSR count). The van der Waals surface area contributed by atoms with Gasteiger partial charge in [0.05, 0.1) is 19.3 Å². The van der Waals surface area contributed by atoms with Crippen LogP contribution >= 0.6 is 0 Å². The van der Waals surface area contributed by atoms with Crippen molar-refractivity contribution in [1.82, 2.24) is 5.32 Å². The number of hydrogen-bond acceptors (Lipinski definition) is 3. The van der Waals surface area contributed by atoms with E-state index in [1.54, 1.807) is 0 Å². The second-order valence-electron chi connectivity index (χ2n) is 7.06. The zero-order chi connectivity index (χ0) is 14.4. The van der Waals surface area contributed by atoms with Gasteiger partial charge in [-0.1, -0.05) is 20.8 Å². The third kappa shape index (κ3) is 5.01. The van der Waals surface area contributed by atoms with E-state index in [2.05, 4.69) is 26.1 Å². The molecule has 1 saturated heterocycles. The van der Waals surface area contributed by atoms with Crippen LogP contribution in [0, 0.1) is 17.8 Å². The van der Waals surface area contributed by atoms with Crippen LogP contribution in [0.3, 0.4) is 0 Å². The van der Waals surface area contributed by atoms with Gasteiger partial charge in [-0.2, -0.15) is 0 Å². The van der Waals surface area contributed by atoms with Crippen molar-refractivity contribution in [2.75, 3.05) is 26.4 Å². The van der Waals surface area contributed by atoms with E-state index in [4.69, 9.17) is 9.47 Å². The third-order valence-electron chi connectivity index (χ3n) is 4.84. The van der Waals surface area contributed by atoms with E-state index < -0.39 is 0 Å². The summed E-state index contributed by atoms with van der Waals surface area (Å²) in [5.41, 5.74) is 0. The summed E-state index contributed by atoms with van der Waals surface area (Å²) in [5.74, 6) is 2.28. The van der Waals surface area contributed by atoms with Crippen LogP contribution in [-0.2, 0) is 9.47 Å². The van der Waals surface area contributed by atoms with Gasteiger partial charge >= 0.3 is 0 Å². The van der Waals surface area contributed by atoms with Gasteiger partial charge in [0, 0.05) is 18.6 Å². The first-order valence-corrected chi connectivity index (χ1v) is 8.61. The Morgan fingerprint density at radius 2 is 1.95 bits per heavy atom. The molecule has 1 aliphatic heterocycles. The fraction of sp³-hybridized carbons (Fsp3) is 1.00. The van der Waals surface area contributed by atoms with Crippen LogP contribution < -0.4 is 5.32 Å². The van der Waals surface area contributed by atoms with E-state index in [1.807, 2.05) is 0 Å². The molecule has 3 heteroatoms. The summed E-state index contributed by atoms with van der Waals surface area (Å²) in [6.45, 7) is 10.7. The highest BCUT2D eigenvalue weighted by Gasteiger charge is 2.29. The smallest absolute Gasteiger partial charge is 0.0626 e. The third-order valence-corrected chi connectivity index (χ3v) is 4.84. The van der Waals surface area contributed by atoms with Crippen LogP contribution in [0.4, 0.5) is 0 Å². The minimum absolute atomic E-state index is 0.474. The lowest BCUT2D eigenvalue weighted by atomic mass is 9.82. The molecule has 2 aliphatic rings. The lowest BCUT2D eigenvalue weighted by Gasteiger charge is -2.33. The highest BCUT2D eigenvalue weighted by Crippen LogP contribution is 2.30. The van der Waals surface area contributed by atoms with Gasteiger partial charge in [-0.25, -0.2) is 0 Å². The highest BCUT2D eigenvalue weighted by molar-refractivity contribution is 4.81. The fourth-order valence-electron chi connectivity index (χ4n) is 3.81.